The van der Waals surface area contributed by atoms with Crippen LogP contribution in [-0.2, 0) is 0 Å². The van der Waals surface area contributed by atoms with E-state index in [1.807, 2.05) is 30.5 Å². The smallest absolute Gasteiger partial charge is 0.0991 e. The van der Waals surface area contributed by atoms with Gasteiger partial charge in [0.25, 0.3) is 0 Å². The predicted octanol–water partition coefficient (Wildman–Crippen LogP) is 2.38. The molecular weight excluding hydrogens is 198 g/mol. The molecule has 3 nitrogen and oxygen atoms in total. The zero-order valence-electron chi connectivity index (χ0n) is 9.26. The molecule has 16 heavy (non-hydrogen) atoms. The van der Waals surface area contributed by atoms with Crippen LogP contribution in [0.5, 0.6) is 0 Å². The Morgan fingerprint density at radius 3 is 2.44 bits per heavy atom. The van der Waals surface area contributed by atoms with Crippen LogP contribution < -0.4 is 0 Å². The molecule has 3 heteroatoms. The molecule has 0 N–H and O–H groups in total. The Kier molecular flexibility index (Phi) is 3.55. The van der Waals surface area contributed by atoms with Gasteiger partial charge >= 0.3 is 0 Å². The summed E-state index contributed by atoms with van der Waals surface area (Å²) in [5.74, 6) is 0. The van der Waals surface area contributed by atoms with Gasteiger partial charge in [-0.05, 0) is 37.0 Å². The Morgan fingerprint density at radius 1 is 1.12 bits per heavy atom. The molecule has 0 aliphatic carbocycles. The Balaban J connectivity index is 1.97. The van der Waals surface area contributed by atoms with Crippen molar-refractivity contribution in [3.8, 4) is 6.07 Å². The lowest BCUT2D eigenvalue weighted by molar-refractivity contribution is 0.240. The van der Waals surface area contributed by atoms with Crippen LogP contribution in [0.25, 0.3) is 0 Å². The van der Waals surface area contributed by atoms with E-state index in [9.17, 15) is 0 Å². The van der Waals surface area contributed by atoms with Crippen molar-refractivity contribution in [2.75, 3.05) is 13.1 Å². The molecule has 1 aliphatic heterocycles. The monoisotopic (exact) mass is 213 g/mol. The minimum absolute atomic E-state index is 0.690. The predicted molar refractivity (Wildman–Crippen MR) is 64.2 cm³/mol. The molecule has 1 aromatic carbocycles. The summed E-state index contributed by atoms with van der Waals surface area (Å²) < 4.78 is 0. The van der Waals surface area contributed by atoms with Crippen molar-refractivity contribution < 1.29 is 0 Å². The molecule has 1 fully saturated rings. The molecular formula is C13H15N3. The number of hydrogen-bond acceptors (Lipinski definition) is 3. The van der Waals surface area contributed by atoms with Crippen LogP contribution in [0, 0.1) is 11.3 Å². The number of rotatable bonds is 2. The normalized spacial score (nSPS) is 16.3. The van der Waals surface area contributed by atoms with Crippen LogP contribution in [0.3, 0.4) is 0 Å². The van der Waals surface area contributed by atoms with Gasteiger partial charge in [-0.1, -0.05) is 12.1 Å². The highest BCUT2D eigenvalue weighted by atomic mass is 15.4. The fraction of sp³-hybridized carbons (Fsp3) is 0.385. The van der Waals surface area contributed by atoms with Gasteiger partial charge in [0.15, 0.2) is 0 Å². The van der Waals surface area contributed by atoms with Gasteiger partial charge in [0.2, 0.25) is 0 Å². The standard InChI is InChI=1S/C13H15N3/c14-10-12-4-6-13(7-5-12)11-15-16-8-2-1-3-9-16/h4-7,11H,1-3,8-9H2/b15-11+. The van der Waals surface area contributed by atoms with Crippen LogP contribution >= 0.6 is 0 Å². The maximum absolute atomic E-state index is 8.67. The molecule has 1 saturated heterocycles. The van der Waals surface area contributed by atoms with Crippen molar-refractivity contribution in [1.82, 2.24) is 5.01 Å². The second-order valence-corrected chi connectivity index (χ2v) is 3.99. The Hall–Kier alpha value is -1.82. The van der Waals surface area contributed by atoms with E-state index in [0.717, 1.165) is 18.7 Å². The molecule has 2 rings (SSSR count). The lowest BCUT2D eigenvalue weighted by Gasteiger charge is -2.23. The fourth-order valence-electron chi connectivity index (χ4n) is 1.78. The van der Waals surface area contributed by atoms with Gasteiger partial charge < -0.3 is 0 Å². The van der Waals surface area contributed by atoms with Crippen molar-refractivity contribution in [3.63, 3.8) is 0 Å². The molecule has 0 unspecified atom stereocenters. The minimum Gasteiger partial charge on any atom is -0.297 e. The zero-order valence-corrected chi connectivity index (χ0v) is 9.26. The second kappa shape index (κ2) is 5.32. The molecule has 1 aliphatic rings. The minimum atomic E-state index is 0.690. The van der Waals surface area contributed by atoms with E-state index in [2.05, 4.69) is 16.2 Å². The van der Waals surface area contributed by atoms with Gasteiger partial charge in [0.1, 0.15) is 0 Å². The second-order valence-electron chi connectivity index (χ2n) is 3.99. The van der Waals surface area contributed by atoms with Crippen molar-refractivity contribution in [2.24, 2.45) is 5.10 Å². The summed E-state index contributed by atoms with van der Waals surface area (Å²) in [6, 6.07) is 9.58. The average molecular weight is 213 g/mol. The van der Waals surface area contributed by atoms with Crippen molar-refractivity contribution >= 4 is 6.21 Å². The lowest BCUT2D eigenvalue weighted by atomic mass is 10.1. The number of piperidine rings is 1. The number of hydrogen-bond donors (Lipinski definition) is 0. The van der Waals surface area contributed by atoms with Gasteiger partial charge in [-0.2, -0.15) is 10.4 Å². The number of nitrogens with zero attached hydrogens (tertiary/aromatic N) is 3. The van der Waals surface area contributed by atoms with E-state index in [0.29, 0.717) is 5.56 Å². The van der Waals surface area contributed by atoms with Crippen LogP contribution in [0.4, 0.5) is 0 Å². The summed E-state index contributed by atoms with van der Waals surface area (Å²) in [5.41, 5.74) is 1.74. The third kappa shape index (κ3) is 2.83. The average Bonchev–Trinajstić information content (AvgIpc) is 2.38. The van der Waals surface area contributed by atoms with Crippen molar-refractivity contribution in [2.45, 2.75) is 19.3 Å². The van der Waals surface area contributed by atoms with Gasteiger partial charge in [-0.3, -0.25) is 5.01 Å². The van der Waals surface area contributed by atoms with E-state index in [-0.39, 0.29) is 0 Å². The quantitative estimate of drug-likeness (QED) is 0.707. The highest BCUT2D eigenvalue weighted by Crippen LogP contribution is 2.09. The highest BCUT2D eigenvalue weighted by Gasteiger charge is 2.05. The lowest BCUT2D eigenvalue weighted by Crippen LogP contribution is -2.24. The summed E-state index contributed by atoms with van der Waals surface area (Å²) in [6.07, 6.45) is 5.67. The van der Waals surface area contributed by atoms with Crippen LogP contribution in [0.15, 0.2) is 29.4 Å². The van der Waals surface area contributed by atoms with E-state index in [4.69, 9.17) is 5.26 Å². The molecule has 1 heterocycles. The van der Waals surface area contributed by atoms with Gasteiger partial charge in [-0.25, -0.2) is 0 Å². The molecule has 1 aromatic rings. The first-order valence-electron chi connectivity index (χ1n) is 5.67. The van der Waals surface area contributed by atoms with Crippen LogP contribution in [0.2, 0.25) is 0 Å². The third-order valence-corrected chi connectivity index (χ3v) is 2.74. The van der Waals surface area contributed by atoms with E-state index in [1.54, 1.807) is 0 Å². The Bertz CT molecular complexity index is 394. The molecule has 0 radical (unpaired) electrons. The molecule has 0 saturated carbocycles. The SMILES string of the molecule is N#Cc1ccc(/C=N/N2CCCCC2)cc1. The van der Waals surface area contributed by atoms with E-state index in [1.165, 1.54) is 19.3 Å². The third-order valence-electron chi connectivity index (χ3n) is 2.74. The number of nitriles is 1. The topological polar surface area (TPSA) is 39.4 Å². The maximum atomic E-state index is 8.67. The van der Waals surface area contributed by atoms with Gasteiger partial charge in [-0.15, -0.1) is 0 Å². The molecule has 82 valence electrons. The Labute approximate surface area is 96.0 Å². The molecule has 0 spiro atoms. The number of hydrazone groups is 1. The molecule has 0 bridgehead atoms. The maximum Gasteiger partial charge on any atom is 0.0991 e. The van der Waals surface area contributed by atoms with Crippen molar-refractivity contribution in [3.05, 3.63) is 35.4 Å². The summed E-state index contributed by atoms with van der Waals surface area (Å²) in [4.78, 5) is 0. The first kappa shape index (κ1) is 10.7. The highest BCUT2D eigenvalue weighted by molar-refractivity contribution is 5.79. The Morgan fingerprint density at radius 2 is 1.81 bits per heavy atom. The van der Waals surface area contributed by atoms with Crippen LogP contribution in [0.1, 0.15) is 30.4 Å². The van der Waals surface area contributed by atoms with Crippen LogP contribution in [-0.4, -0.2) is 24.3 Å². The molecule has 0 aromatic heterocycles. The first-order chi connectivity index (χ1) is 7.88. The zero-order chi connectivity index (χ0) is 11.2. The molecule has 0 atom stereocenters. The molecule has 0 amide bonds. The van der Waals surface area contributed by atoms with Gasteiger partial charge in [0, 0.05) is 13.1 Å². The summed E-state index contributed by atoms with van der Waals surface area (Å²) >= 11 is 0. The summed E-state index contributed by atoms with van der Waals surface area (Å²) in [6.45, 7) is 2.12. The number of benzene rings is 1. The largest absolute Gasteiger partial charge is 0.297 e. The van der Waals surface area contributed by atoms with Crippen molar-refractivity contribution in [1.29, 1.82) is 5.26 Å². The summed E-state index contributed by atoms with van der Waals surface area (Å²) in [7, 11) is 0. The fourth-order valence-corrected chi connectivity index (χ4v) is 1.78. The van der Waals surface area contributed by atoms with E-state index < -0.39 is 0 Å². The van der Waals surface area contributed by atoms with E-state index >= 15 is 0 Å². The summed E-state index contributed by atoms with van der Waals surface area (Å²) in [5, 5.41) is 15.2. The first-order valence-corrected chi connectivity index (χ1v) is 5.67. The van der Waals surface area contributed by atoms with Gasteiger partial charge in [0.05, 0.1) is 17.8 Å².